The van der Waals surface area contributed by atoms with Gasteiger partial charge in [-0.3, -0.25) is 9.36 Å². The minimum absolute atomic E-state index is 0.192. The number of nitrogens with zero attached hydrogens (tertiary/aromatic N) is 3. The molecule has 6 rings (SSSR count). The Bertz CT molecular complexity index is 2160. The zero-order valence-corrected chi connectivity index (χ0v) is 27.5. The van der Waals surface area contributed by atoms with E-state index < -0.39 is 12.0 Å². The Balaban J connectivity index is 1.56. The largest absolute Gasteiger partial charge is 0.493 e. The van der Waals surface area contributed by atoms with Gasteiger partial charge < -0.3 is 18.8 Å². The first-order chi connectivity index (χ1) is 21.3. The van der Waals surface area contributed by atoms with E-state index in [0.29, 0.717) is 48.7 Å². The van der Waals surface area contributed by atoms with E-state index in [0.717, 1.165) is 23.0 Å². The molecule has 5 aromatic rings. The third kappa shape index (κ3) is 4.95. The molecule has 0 amide bonds. The predicted molar refractivity (Wildman–Crippen MR) is 177 cm³/mol. The molecule has 44 heavy (non-hydrogen) atoms. The molecule has 226 valence electrons. The molecule has 2 aromatic heterocycles. The average Bonchev–Trinajstić information content (AvgIpc) is 3.49. The van der Waals surface area contributed by atoms with Crippen LogP contribution < -0.4 is 24.4 Å². The molecule has 0 unspecified atom stereocenters. The maximum absolute atomic E-state index is 14.2. The number of aryl methyl sites for hydroxylation is 1. The Morgan fingerprint density at radius 1 is 1.02 bits per heavy atom. The molecular formula is C34H32BrN3O5S. The molecule has 0 radical (unpaired) electrons. The number of ether oxygens (including phenoxy) is 3. The van der Waals surface area contributed by atoms with E-state index in [9.17, 15) is 9.59 Å². The summed E-state index contributed by atoms with van der Waals surface area (Å²) in [5.41, 5.74) is 4.44. The molecule has 3 heterocycles. The van der Waals surface area contributed by atoms with Crippen molar-refractivity contribution in [2.24, 2.45) is 4.99 Å². The summed E-state index contributed by atoms with van der Waals surface area (Å²) in [7, 11) is 1.56. The van der Waals surface area contributed by atoms with Crippen molar-refractivity contribution in [1.82, 2.24) is 9.13 Å². The van der Waals surface area contributed by atoms with Gasteiger partial charge in [0.1, 0.15) is 0 Å². The lowest BCUT2D eigenvalue weighted by Gasteiger charge is -2.26. The first-order valence-corrected chi connectivity index (χ1v) is 16.1. The van der Waals surface area contributed by atoms with Gasteiger partial charge in [0.2, 0.25) is 0 Å². The van der Waals surface area contributed by atoms with Gasteiger partial charge in [-0.2, -0.15) is 0 Å². The monoisotopic (exact) mass is 673 g/mol. The van der Waals surface area contributed by atoms with Crippen molar-refractivity contribution in [3.05, 3.63) is 101 Å². The zero-order valence-electron chi connectivity index (χ0n) is 25.1. The van der Waals surface area contributed by atoms with E-state index >= 15 is 0 Å². The van der Waals surface area contributed by atoms with Crippen LogP contribution >= 0.6 is 27.3 Å². The summed E-state index contributed by atoms with van der Waals surface area (Å²) in [4.78, 5) is 32.8. The number of hydrogen-bond acceptors (Lipinski definition) is 7. The number of methoxy groups -OCH3 is 1. The third-order valence-electron chi connectivity index (χ3n) is 7.80. The standard InChI is InChI=1S/C34H32BrN3O5S/c1-6-37-25-12-10-9-11-21(25)22-15-20(13-14-26(22)37)16-29-32(39)38-31(23-17-27(41-5)28(42-7-2)18-24(23)35)30(33(40)43-8-3)19(4)36-34(38)44-29/h9-18,31H,6-8H2,1-5H3/b29-16+/t31-/m0/s1. The second kappa shape index (κ2) is 12.1. The van der Waals surface area contributed by atoms with Crippen LogP contribution in [0.5, 0.6) is 11.5 Å². The Morgan fingerprint density at radius 2 is 1.80 bits per heavy atom. The van der Waals surface area contributed by atoms with Gasteiger partial charge in [-0.05, 0) is 75.2 Å². The van der Waals surface area contributed by atoms with E-state index in [1.807, 2.05) is 25.1 Å². The van der Waals surface area contributed by atoms with Crippen LogP contribution in [0.3, 0.4) is 0 Å². The van der Waals surface area contributed by atoms with Crippen molar-refractivity contribution in [1.29, 1.82) is 0 Å². The van der Waals surface area contributed by atoms with E-state index in [4.69, 9.17) is 19.2 Å². The van der Waals surface area contributed by atoms with Gasteiger partial charge in [0, 0.05) is 32.8 Å². The molecule has 0 aliphatic carbocycles. The summed E-state index contributed by atoms with van der Waals surface area (Å²) in [5, 5.41) is 2.30. The first kappa shape index (κ1) is 29.9. The molecule has 0 N–H and O–H groups in total. The molecule has 0 spiro atoms. The highest BCUT2D eigenvalue weighted by atomic mass is 79.9. The molecule has 0 saturated carbocycles. The van der Waals surface area contributed by atoms with E-state index in [1.165, 1.54) is 22.2 Å². The fraction of sp³-hybridized carbons (Fsp3) is 0.265. The molecule has 8 nitrogen and oxygen atoms in total. The van der Waals surface area contributed by atoms with Crippen LogP contribution in [0.15, 0.2) is 80.1 Å². The highest BCUT2D eigenvalue weighted by molar-refractivity contribution is 9.10. The molecule has 10 heteroatoms. The summed E-state index contributed by atoms with van der Waals surface area (Å²) in [5.74, 6) is 0.520. The van der Waals surface area contributed by atoms with Crippen LogP contribution in [0, 0.1) is 0 Å². The molecule has 1 atom stereocenters. The number of carbonyl (C=O) groups is 1. The van der Waals surface area contributed by atoms with Gasteiger partial charge in [0.15, 0.2) is 16.3 Å². The highest BCUT2D eigenvalue weighted by Gasteiger charge is 2.35. The second-order valence-corrected chi connectivity index (χ2v) is 12.2. The third-order valence-corrected chi connectivity index (χ3v) is 9.47. The first-order valence-electron chi connectivity index (χ1n) is 14.5. The van der Waals surface area contributed by atoms with Crippen molar-refractivity contribution in [2.45, 2.75) is 40.3 Å². The smallest absolute Gasteiger partial charge is 0.338 e. The molecule has 1 aliphatic heterocycles. The minimum Gasteiger partial charge on any atom is -0.493 e. The topological polar surface area (TPSA) is 84.1 Å². The number of halogens is 1. The van der Waals surface area contributed by atoms with Crippen LogP contribution in [-0.2, 0) is 16.1 Å². The number of esters is 1. The summed E-state index contributed by atoms with van der Waals surface area (Å²) >= 11 is 4.97. The van der Waals surface area contributed by atoms with E-state index in [2.05, 4.69) is 57.8 Å². The van der Waals surface area contributed by atoms with Gasteiger partial charge >= 0.3 is 5.97 Å². The van der Waals surface area contributed by atoms with Crippen molar-refractivity contribution in [3.8, 4) is 11.5 Å². The van der Waals surface area contributed by atoms with Gasteiger partial charge in [-0.25, -0.2) is 9.79 Å². The number of fused-ring (bicyclic) bond motifs is 4. The Kier molecular flexibility index (Phi) is 8.22. The number of benzene rings is 3. The molecular weight excluding hydrogens is 642 g/mol. The van der Waals surface area contributed by atoms with Crippen molar-refractivity contribution in [2.75, 3.05) is 20.3 Å². The highest BCUT2D eigenvalue weighted by Crippen LogP contribution is 2.41. The molecule has 0 bridgehead atoms. The summed E-state index contributed by atoms with van der Waals surface area (Å²) in [6.07, 6.45) is 1.90. The van der Waals surface area contributed by atoms with Crippen LogP contribution in [0.2, 0.25) is 0 Å². The lowest BCUT2D eigenvalue weighted by Crippen LogP contribution is -2.40. The van der Waals surface area contributed by atoms with Crippen LogP contribution in [0.4, 0.5) is 0 Å². The fourth-order valence-corrected chi connectivity index (χ4v) is 7.51. The van der Waals surface area contributed by atoms with Crippen molar-refractivity contribution in [3.63, 3.8) is 0 Å². The van der Waals surface area contributed by atoms with Gasteiger partial charge in [-0.1, -0.05) is 51.5 Å². The van der Waals surface area contributed by atoms with Crippen LogP contribution in [0.25, 0.3) is 27.9 Å². The van der Waals surface area contributed by atoms with Crippen molar-refractivity contribution >= 4 is 61.1 Å². The Labute approximate surface area is 266 Å². The second-order valence-electron chi connectivity index (χ2n) is 10.3. The van der Waals surface area contributed by atoms with Gasteiger partial charge in [0.25, 0.3) is 5.56 Å². The minimum atomic E-state index is -0.795. The fourth-order valence-electron chi connectivity index (χ4n) is 5.93. The zero-order chi connectivity index (χ0) is 31.1. The number of carbonyl (C=O) groups excluding carboxylic acids is 1. The van der Waals surface area contributed by atoms with Gasteiger partial charge in [-0.15, -0.1) is 0 Å². The molecule has 0 saturated heterocycles. The maximum atomic E-state index is 14.2. The average molecular weight is 675 g/mol. The lowest BCUT2D eigenvalue weighted by atomic mass is 9.95. The number of para-hydroxylation sites is 1. The van der Waals surface area contributed by atoms with Crippen molar-refractivity contribution < 1.29 is 19.0 Å². The number of thiazole rings is 1. The molecule has 3 aromatic carbocycles. The van der Waals surface area contributed by atoms with E-state index in [1.54, 1.807) is 37.7 Å². The van der Waals surface area contributed by atoms with Crippen LogP contribution in [-0.4, -0.2) is 35.4 Å². The lowest BCUT2D eigenvalue weighted by molar-refractivity contribution is -0.139. The predicted octanol–water partition coefficient (Wildman–Crippen LogP) is 6.10. The quantitative estimate of drug-likeness (QED) is 0.186. The SMILES string of the molecule is CCOC(=O)C1=C(C)N=c2s/c(=C/c3ccc4c(c3)c3ccccc3n4CC)c(=O)n2[C@H]1c1cc(OC)c(OCC)cc1Br. The normalized spacial score (nSPS) is 15.0. The number of rotatable bonds is 8. The Hall–Kier alpha value is -4.15. The number of aromatic nitrogens is 2. The van der Waals surface area contributed by atoms with Gasteiger partial charge in [0.05, 0.1) is 42.2 Å². The Morgan fingerprint density at radius 3 is 2.52 bits per heavy atom. The van der Waals surface area contributed by atoms with E-state index in [-0.39, 0.29) is 12.2 Å². The summed E-state index contributed by atoms with van der Waals surface area (Å²) in [6.45, 7) is 9.06. The van der Waals surface area contributed by atoms with Crippen LogP contribution in [0.1, 0.15) is 44.9 Å². The number of hydrogen-bond donors (Lipinski definition) is 0. The maximum Gasteiger partial charge on any atom is 0.338 e. The molecule has 1 aliphatic rings. The molecule has 0 fully saturated rings. The number of allylic oxidation sites excluding steroid dienone is 1. The summed E-state index contributed by atoms with van der Waals surface area (Å²) < 4.78 is 21.9. The summed E-state index contributed by atoms with van der Waals surface area (Å²) in [6, 6.07) is 17.4.